The van der Waals surface area contributed by atoms with Crippen LogP contribution in [-0.2, 0) is 19.3 Å². The van der Waals surface area contributed by atoms with E-state index in [9.17, 15) is 4.79 Å². The predicted molar refractivity (Wildman–Crippen MR) is 133 cm³/mol. The molecule has 0 radical (unpaired) electrons. The van der Waals surface area contributed by atoms with Crippen molar-refractivity contribution in [3.8, 4) is 11.4 Å². The van der Waals surface area contributed by atoms with E-state index in [0.29, 0.717) is 34.0 Å². The topological polar surface area (TPSA) is 65.6 Å². The zero-order valence-corrected chi connectivity index (χ0v) is 19.4. The molecule has 0 saturated carbocycles. The van der Waals surface area contributed by atoms with Gasteiger partial charge in [-0.1, -0.05) is 65.8 Å². The van der Waals surface area contributed by atoms with Gasteiger partial charge in [-0.3, -0.25) is 13.9 Å². The van der Waals surface area contributed by atoms with Gasteiger partial charge < -0.3 is 0 Å². The first kappa shape index (κ1) is 21.4. The second kappa shape index (κ2) is 9.21. The van der Waals surface area contributed by atoms with Crippen molar-refractivity contribution in [3.05, 3.63) is 106 Å². The van der Waals surface area contributed by atoms with Gasteiger partial charge in [0, 0.05) is 17.6 Å². The molecule has 6 nitrogen and oxygen atoms in total. The highest BCUT2D eigenvalue weighted by atomic mass is 35.5. The summed E-state index contributed by atoms with van der Waals surface area (Å²) in [6.45, 7) is 0.623. The van der Waals surface area contributed by atoms with Crippen LogP contribution in [-0.4, -0.2) is 24.3 Å². The Labute approximate surface area is 199 Å². The van der Waals surface area contributed by atoms with Crippen LogP contribution in [0, 0.1) is 0 Å². The molecule has 164 valence electrons. The Bertz CT molecular complexity index is 1480. The summed E-state index contributed by atoms with van der Waals surface area (Å²) in [4.78, 5) is 17.5. The average molecular weight is 474 g/mol. The lowest BCUT2D eigenvalue weighted by atomic mass is 10.2. The van der Waals surface area contributed by atoms with Crippen molar-refractivity contribution >= 4 is 34.3 Å². The van der Waals surface area contributed by atoms with Crippen molar-refractivity contribution in [1.82, 2.24) is 24.3 Å². The van der Waals surface area contributed by atoms with Crippen LogP contribution in [0.25, 0.3) is 22.3 Å². The third-order valence-electron chi connectivity index (χ3n) is 5.41. The lowest BCUT2D eigenvalue weighted by Gasteiger charge is -2.12. The number of para-hydroxylation sites is 1. The normalized spacial score (nSPS) is 11.2. The molecule has 0 aliphatic carbocycles. The number of fused-ring (bicyclic) bond motifs is 1. The Kier molecular flexibility index (Phi) is 5.98. The van der Waals surface area contributed by atoms with Crippen LogP contribution in [0.3, 0.4) is 0 Å². The maximum Gasteiger partial charge on any atom is 0.261 e. The summed E-state index contributed by atoms with van der Waals surface area (Å²) in [6, 6.07) is 25.2. The van der Waals surface area contributed by atoms with Gasteiger partial charge in [-0.05, 0) is 42.0 Å². The number of benzene rings is 3. The number of halogens is 1. The van der Waals surface area contributed by atoms with E-state index in [1.54, 1.807) is 17.7 Å². The van der Waals surface area contributed by atoms with Gasteiger partial charge in [0.25, 0.3) is 5.56 Å². The fraction of sp³-hybridized carbons (Fsp3) is 0.120. The summed E-state index contributed by atoms with van der Waals surface area (Å²) >= 11 is 7.59. The number of hydrogen-bond acceptors (Lipinski definition) is 5. The average Bonchev–Trinajstić information content (AvgIpc) is 3.24. The molecule has 0 unspecified atom stereocenters. The number of hydrogen-bond donors (Lipinski definition) is 0. The van der Waals surface area contributed by atoms with Crippen LogP contribution in [0.1, 0.15) is 11.4 Å². The molecular weight excluding hydrogens is 454 g/mol. The largest absolute Gasteiger partial charge is 0.299 e. The first-order chi connectivity index (χ1) is 16.1. The summed E-state index contributed by atoms with van der Waals surface area (Å²) in [7, 11) is 1.76. The highest BCUT2D eigenvalue weighted by molar-refractivity contribution is 7.98. The van der Waals surface area contributed by atoms with Crippen LogP contribution in [0.5, 0.6) is 0 Å². The molecule has 0 N–H and O–H groups in total. The van der Waals surface area contributed by atoms with Gasteiger partial charge in [-0.2, -0.15) is 0 Å². The van der Waals surface area contributed by atoms with Crippen LogP contribution in [0.15, 0.2) is 88.8 Å². The molecule has 0 atom stereocenters. The predicted octanol–water partition coefficient (Wildman–Crippen LogP) is 5.19. The first-order valence-electron chi connectivity index (χ1n) is 10.4. The Morgan fingerprint density at radius 1 is 0.909 bits per heavy atom. The molecule has 5 aromatic rings. The summed E-state index contributed by atoms with van der Waals surface area (Å²) in [6.07, 6.45) is 0. The third-order valence-corrected chi connectivity index (χ3v) is 6.62. The van der Waals surface area contributed by atoms with E-state index in [-0.39, 0.29) is 5.56 Å². The second-order valence-corrected chi connectivity index (χ2v) is 8.96. The smallest absolute Gasteiger partial charge is 0.261 e. The Morgan fingerprint density at radius 2 is 1.64 bits per heavy atom. The quantitative estimate of drug-likeness (QED) is 0.318. The van der Waals surface area contributed by atoms with Gasteiger partial charge in [-0.15, -0.1) is 10.2 Å². The number of aromatic nitrogens is 5. The Morgan fingerprint density at radius 3 is 2.42 bits per heavy atom. The van der Waals surface area contributed by atoms with E-state index >= 15 is 0 Å². The fourth-order valence-corrected chi connectivity index (χ4v) is 4.69. The zero-order chi connectivity index (χ0) is 22.8. The SMILES string of the molecule is Cn1c(CSc2nnc(-c3ccc(Cl)cc3)n2Cc2ccccc2)nc2ccccc2c1=O. The zero-order valence-electron chi connectivity index (χ0n) is 17.9. The summed E-state index contributed by atoms with van der Waals surface area (Å²) in [5.74, 6) is 1.94. The minimum Gasteiger partial charge on any atom is -0.299 e. The van der Waals surface area contributed by atoms with Gasteiger partial charge in [0.2, 0.25) is 0 Å². The Hall–Kier alpha value is -3.42. The minimum absolute atomic E-state index is 0.0520. The molecule has 2 heterocycles. The van der Waals surface area contributed by atoms with Crippen molar-refractivity contribution in [2.45, 2.75) is 17.5 Å². The van der Waals surface area contributed by atoms with Gasteiger partial charge in [0.15, 0.2) is 11.0 Å². The summed E-state index contributed by atoms with van der Waals surface area (Å²) in [5.41, 5.74) is 2.73. The van der Waals surface area contributed by atoms with E-state index in [2.05, 4.69) is 26.9 Å². The molecule has 3 aromatic carbocycles. The molecule has 5 rings (SSSR count). The standard InChI is InChI=1S/C25H20ClN5OS/c1-30-22(27-21-10-6-5-9-20(21)24(30)32)16-33-25-29-28-23(18-11-13-19(26)14-12-18)31(25)15-17-7-3-2-4-8-17/h2-14H,15-16H2,1H3. The van der Waals surface area contributed by atoms with Crippen LogP contribution < -0.4 is 5.56 Å². The maximum atomic E-state index is 12.8. The summed E-state index contributed by atoms with van der Waals surface area (Å²) < 4.78 is 3.69. The molecule has 0 spiro atoms. The first-order valence-corrected chi connectivity index (χ1v) is 11.8. The maximum absolute atomic E-state index is 12.8. The van der Waals surface area contributed by atoms with E-state index in [0.717, 1.165) is 22.1 Å². The Balaban J connectivity index is 1.50. The lowest BCUT2D eigenvalue weighted by molar-refractivity contribution is 0.712. The monoisotopic (exact) mass is 473 g/mol. The number of nitrogens with zero attached hydrogens (tertiary/aromatic N) is 5. The lowest BCUT2D eigenvalue weighted by Crippen LogP contribution is -2.22. The van der Waals surface area contributed by atoms with Gasteiger partial charge >= 0.3 is 0 Å². The molecule has 0 aliphatic rings. The number of thioether (sulfide) groups is 1. The van der Waals surface area contributed by atoms with Crippen LogP contribution in [0.2, 0.25) is 5.02 Å². The minimum atomic E-state index is -0.0520. The molecule has 0 bridgehead atoms. The van der Waals surface area contributed by atoms with E-state index in [1.807, 2.05) is 60.7 Å². The molecule has 0 aliphatic heterocycles. The van der Waals surface area contributed by atoms with Gasteiger partial charge in [0.05, 0.1) is 23.2 Å². The van der Waals surface area contributed by atoms with Gasteiger partial charge in [-0.25, -0.2) is 4.98 Å². The van der Waals surface area contributed by atoms with Crippen molar-refractivity contribution in [2.75, 3.05) is 0 Å². The number of rotatable bonds is 6. The fourth-order valence-electron chi connectivity index (χ4n) is 3.64. The van der Waals surface area contributed by atoms with Crippen molar-refractivity contribution in [1.29, 1.82) is 0 Å². The highest BCUT2D eigenvalue weighted by Gasteiger charge is 2.17. The van der Waals surface area contributed by atoms with Crippen LogP contribution >= 0.6 is 23.4 Å². The molecule has 8 heteroatoms. The molecule has 0 fully saturated rings. The van der Waals surface area contributed by atoms with Gasteiger partial charge in [0.1, 0.15) is 5.82 Å². The highest BCUT2D eigenvalue weighted by Crippen LogP contribution is 2.28. The second-order valence-electron chi connectivity index (χ2n) is 7.58. The molecule has 0 saturated heterocycles. The van der Waals surface area contributed by atoms with E-state index < -0.39 is 0 Å². The molecule has 2 aromatic heterocycles. The van der Waals surface area contributed by atoms with Crippen molar-refractivity contribution in [3.63, 3.8) is 0 Å². The molecule has 0 amide bonds. The van der Waals surface area contributed by atoms with E-state index in [1.165, 1.54) is 11.8 Å². The van der Waals surface area contributed by atoms with Crippen LogP contribution in [0.4, 0.5) is 0 Å². The molecular formula is C25H20ClN5OS. The van der Waals surface area contributed by atoms with E-state index in [4.69, 9.17) is 16.6 Å². The molecule has 33 heavy (non-hydrogen) atoms. The van der Waals surface area contributed by atoms with Crippen molar-refractivity contribution in [2.24, 2.45) is 7.05 Å². The third kappa shape index (κ3) is 4.42. The van der Waals surface area contributed by atoms with Crippen molar-refractivity contribution < 1.29 is 0 Å². The summed E-state index contributed by atoms with van der Waals surface area (Å²) in [5, 5.41) is 11.0.